The first kappa shape index (κ1) is 11.3. The van der Waals surface area contributed by atoms with Crippen LogP contribution in [0.1, 0.15) is 16.1 Å². The van der Waals surface area contributed by atoms with E-state index < -0.39 is 0 Å². The number of carbonyl (C=O) groups is 1. The normalized spacial score (nSPS) is 9.94. The van der Waals surface area contributed by atoms with Gasteiger partial charge in [-0.15, -0.1) is 0 Å². The highest BCUT2D eigenvalue weighted by Crippen LogP contribution is 2.12. The number of Topliss-reactive ketones (excluding diaryl/α,β-unsaturated/α-hetero) is 1. The van der Waals surface area contributed by atoms with Crippen LogP contribution in [0.25, 0.3) is 0 Å². The Bertz CT molecular complexity index is 509. The fraction of sp³-hybridized carbons (Fsp3) is 0.143. The molecule has 0 aliphatic heterocycles. The summed E-state index contributed by atoms with van der Waals surface area (Å²) in [5, 5.41) is 3.02. The Hall–Kier alpha value is -2.16. The first-order valence-electron chi connectivity index (χ1n) is 5.50. The molecule has 1 N–H and O–H groups in total. The molecule has 0 atom stereocenters. The van der Waals surface area contributed by atoms with Crippen molar-refractivity contribution in [2.45, 2.75) is 6.42 Å². The second kappa shape index (κ2) is 5.25. The van der Waals surface area contributed by atoms with Crippen LogP contribution in [-0.2, 0) is 6.42 Å². The lowest BCUT2D eigenvalue weighted by molar-refractivity contribution is 0.0992. The van der Waals surface area contributed by atoms with Gasteiger partial charge in [-0.3, -0.25) is 9.78 Å². The molecule has 0 unspecified atom stereocenters. The van der Waals surface area contributed by atoms with Crippen molar-refractivity contribution in [3.8, 4) is 0 Å². The van der Waals surface area contributed by atoms with Crippen LogP contribution in [0.2, 0.25) is 0 Å². The van der Waals surface area contributed by atoms with Crippen LogP contribution in [0.15, 0.2) is 48.7 Å². The van der Waals surface area contributed by atoms with Gasteiger partial charge in [0.05, 0.1) is 6.42 Å². The van der Waals surface area contributed by atoms with Crippen LogP contribution < -0.4 is 5.32 Å². The van der Waals surface area contributed by atoms with Gasteiger partial charge in [0, 0.05) is 30.2 Å². The van der Waals surface area contributed by atoms with Crippen molar-refractivity contribution in [1.82, 2.24) is 4.98 Å². The highest BCUT2D eigenvalue weighted by molar-refractivity contribution is 5.98. The molecule has 0 spiro atoms. The summed E-state index contributed by atoms with van der Waals surface area (Å²) in [6.45, 7) is 0. The molecule has 0 amide bonds. The number of nitrogens with one attached hydrogen (secondary N) is 1. The van der Waals surface area contributed by atoms with E-state index in [0.29, 0.717) is 12.0 Å². The fourth-order valence-corrected chi connectivity index (χ4v) is 1.62. The van der Waals surface area contributed by atoms with Gasteiger partial charge in [0.1, 0.15) is 0 Å². The second-order valence-electron chi connectivity index (χ2n) is 3.75. The molecule has 0 aliphatic carbocycles. The molecular formula is C14H14N2O. The minimum Gasteiger partial charge on any atom is -0.388 e. The third-order valence-electron chi connectivity index (χ3n) is 2.54. The second-order valence-corrected chi connectivity index (χ2v) is 3.75. The minimum absolute atomic E-state index is 0.0841. The molecule has 0 saturated heterocycles. The van der Waals surface area contributed by atoms with Crippen LogP contribution in [0, 0.1) is 0 Å². The number of carbonyl (C=O) groups excluding carboxylic acids is 1. The van der Waals surface area contributed by atoms with Crippen molar-refractivity contribution in [1.29, 1.82) is 0 Å². The zero-order valence-corrected chi connectivity index (χ0v) is 9.68. The van der Waals surface area contributed by atoms with Gasteiger partial charge in [-0.2, -0.15) is 0 Å². The van der Waals surface area contributed by atoms with Gasteiger partial charge < -0.3 is 5.32 Å². The van der Waals surface area contributed by atoms with E-state index in [2.05, 4.69) is 10.3 Å². The summed E-state index contributed by atoms with van der Waals surface area (Å²) in [6, 6.07) is 13.1. The summed E-state index contributed by atoms with van der Waals surface area (Å²) < 4.78 is 0. The van der Waals surface area contributed by atoms with Crippen LogP contribution in [0.5, 0.6) is 0 Å². The lowest BCUT2D eigenvalue weighted by atomic mass is 10.1. The molecule has 3 nitrogen and oxygen atoms in total. The van der Waals surface area contributed by atoms with Crippen LogP contribution in [0.3, 0.4) is 0 Å². The van der Waals surface area contributed by atoms with Gasteiger partial charge in [0.25, 0.3) is 0 Å². The number of ketones is 1. The molecule has 1 heterocycles. The van der Waals surface area contributed by atoms with E-state index in [-0.39, 0.29) is 5.78 Å². The molecule has 1 aromatic carbocycles. The smallest absolute Gasteiger partial charge is 0.168 e. The Morgan fingerprint density at radius 2 is 2.12 bits per heavy atom. The number of hydrogen-bond acceptors (Lipinski definition) is 3. The van der Waals surface area contributed by atoms with Gasteiger partial charge in [-0.1, -0.05) is 18.2 Å². The Kier molecular flexibility index (Phi) is 3.50. The Labute approximate surface area is 101 Å². The van der Waals surface area contributed by atoms with E-state index in [0.717, 1.165) is 11.4 Å². The standard InChI is InChI=1S/C14H14N2O/c1-15-12-7-4-5-11(9-12)14(17)10-13-6-2-3-8-16-13/h2-9,15H,10H2,1H3. The van der Waals surface area contributed by atoms with Gasteiger partial charge in [0.15, 0.2) is 5.78 Å². The Morgan fingerprint density at radius 1 is 1.24 bits per heavy atom. The molecule has 2 rings (SSSR count). The molecule has 1 aromatic heterocycles. The average Bonchev–Trinajstić information content (AvgIpc) is 2.40. The fourth-order valence-electron chi connectivity index (χ4n) is 1.62. The summed E-state index contributed by atoms with van der Waals surface area (Å²) in [4.78, 5) is 16.2. The largest absolute Gasteiger partial charge is 0.388 e. The number of anilines is 1. The third kappa shape index (κ3) is 2.91. The van der Waals surface area contributed by atoms with Crippen LogP contribution in [-0.4, -0.2) is 17.8 Å². The highest BCUT2D eigenvalue weighted by atomic mass is 16.1. The summed E-state index contributed by atoms with van der Waals surface area (Å²) in [6.07, 6.45) is 2.04. The Balaban J connectivity index is 2.14. The van der Waals surface area contributed by atoms with Gasteiger partial charge >= 0.3 is 0 Å². The Morgan fingerprint density at radius 3 is 2.82 bits per heavy atom. The van der Waals surface area contributed by atoms with E-state index >= 15 is 0 Å². The average molecular weight is 226 g/mol. The zero-order chi connectivity index (χ0) is 12.1. The van der Waals surface area contributed by atoms with Crippen molar-refractivity contribution in [3.05, 3.63) is 59.9 Å². The molecule has 3 heteroatoms. The van der Waals surface area contributed by atoms with E-state index in [9.17, 15) is 4.79 Å². The summed E-state index contributed by atoms with van der Waals surface area (Å²) >= 11 is 0. The SMILES string of the molecule is CNc1cccc(C(=O)Cc2ccccn2)c1. The highest BCUT2D eigenvalue weighted by Gasteiger charge is 2.07. The van der Waals surface area contributed by atoms with E-state index in [4.69, 9.17) is 0 Å². The van der Waals surface area contributed by atoms with Crippen molar-refractivity contribution < 1.29 is 4.79 Å². The number of rotatable bonds is 4. The predicted octanol–water partition coefficient (Wildman–Crippen LogP) is 2.55. The summed E-state index contributed by atoms with van der Waals surface area (Å²) in [5.74, 6) is 0.0841. The maximum absolute atomic E-state index is 12.0. The van der Waals surface area contributed by atoms with Crippen molar-refractivity contribution >= 4 is 11.5 Å². The number of hydrogen-bond donors (Lipinski definition) is 1. The molecular weight excluding hydrogens is 212 g/mol. The third-order valence-corrected chi connectivity index (χ3v) is 2.54. The maximum Gasteiger partial charge on any atom is 0.168 e. The number of aromatic nitrogens is 1. The summed E-state index contributed by atoms with van der Waals surface area (Å²) in [7, 11) is 1.84. The lowest BCUT2D eigenvalue weighted by Crippen LogP contribution is -2.05. The number of nitrogens with zero attached hydrogens (tertiary/aromatic N) is 1. The molecule has 0 saturated carbocycles. The monoisotopic (exact) mass is 226 g/mol. The van der Waals surface area contributed by atoms with Crippen LogP contribution >= 0.6 is 0 Å². The topological polar surface area (TPSA) is 42.0 Å². The van der Waals surface area contributed by atoms with Gasteiger partial charge in [-0.05, 0) is 24.3 Å². The van der Waals surface area contributed by atoms with Gasteiger partial charge in [0.2, 0.25) is 0 Å². The number of benzene rings is 1. The molecule has 0 radical (unpaired) electrons. The molecule has 17 heavy (non-hydrogen) atoms. The zero-order valence-electron chi connectivity index (χ0n) is 9.68. The van der Waals surface area contributed by atoms with Crippen molar-refractivity contribution in [2.24, 2.45) is 0 Å². The summed E-state index contributed by atoms with van der Waals surface area (Å²) in [5.41, 5.74) is 2.45. The molecule has 0 fully saturated rings. The number of pyridine rings is 1. The van der Waals surface area contributed by atoms with Crippen molar-refractivity contribution in [3.63, 3.8) is 0 Å². The van der Waals surface area contributed by atoms with E-state index in [1.807, 2.05) is 49.5 Å². The molecule has 86 valence electrons. The molecule has 0 aliphatic rings. The maximum atomic E-state index is 12.0. The minimum atomic E-state index is 0.0841. The molecule has 2 aromatic rings. The van der Waals surface area contributed by atoms with Gasteiger partial charge in [-0.25, -0.2) is 0 Å². The lowest BCUT2D eigenvalue weighted by Gasteiger charge is -2.04. The predicted molar refractivity (Wildman–Crippen MR) is 68.3 cm³/mol. The van der Waals surface area contributed by atoms with Crippen LogP contribution in [0.4, 0.5) is 5.69 Å². The van der Waals surface area contributed by atoms with Crippen molar-refractivity contribution in [2.75, 3.05) is 12.4 Å². The van der Waals surface area contributed by atoms with E-state index in [1.54, 1.807) is 6.20 Å². The first-order valence-corrected chi connectivity index (χ1v) is 5.50. The van der Waals surface area contributed by atoms with E-state index in [1.165, 1.54) is 0 Å². The molecule has 0 bridgehead atoms. The quantitative estimate of drug-likeness (QED) is 0.815. The first-order chi connectivity index (χ1) is 8.29.